The quantitative estimate of drug-likeness (QED) is 0.0585. The molecule has 5 unspecified atom stereocenters. The van der Waals surface area contributed by atoms with E-state index in [1.807, 2.05) is 72.8 Å². The molecule has 7 rings (SSSR count). The summed E-state index contributed by atoms with van der Waals surface area (Å²) in [5, 5.41) is 29.9. The molecule has 5 N–H and O–H groups in total. The fourth-order valence-corrected chi connectivity index (χ4v) is 8.54. The Labute approximate surface area is 359 Å². The van der Waals surface area contributed by atoms with Gasteiger partial charge in [0.25, 0.3) is 0 Å². The van der Waals surface area contributed by atoms with Gasteiger partial charge in [-0.15, -0.1) is 0 Å². The number of carboxylic acid groups (broad SMARTS) is 1. The highest BCUT2D eigenvalue weighted by Crippen LogP contribution is 2.55. The molecule has 0 spiro atoms. The van der Waals surface area contributed by atoms with Crippen molar-refractivity contribution in [2.24, 2.45) is 11.8 Å². The number of carbonyl (C=O) groups excluding carboxylic acids is 3. The molecule has 62 heavy (non-hydrogen) atoms. The number of hydrogen-bond acceptors (Lipinski definition) is 12. The Morgan fingerprint density at radius 1 is 0.855 bits per heavy atom. The van der Waals surface area contributed by atoms with Crippen molar-refractivity contribution in [2.75, 3.05) is 53.8 Å². The van der Waals surface area contributed by atoms with Crippen molar-refractivity contribution in [3.8, 4) is 28.7 Å². The van der Waals surface area contributed by atoms with E-state index in [9.17, 15) is 29.4 Å². The number of aromatic hydroxyl groups is 1. The van der Waals surface area contributed by atoms with Gasteiger partial charge in [-0.25, -0.2) is 9.59 Å². The minimum Gasteiger partial charge on any atom is -0.502 e. The molecular weight excluding hydrogens is 801 g/mol. The number of benzene rings is 4. The lowest BCUT2D eigenvalue weighted by molar-refractivity contribution is -0.141. The van der Waals surface area contributed by atoms with Crippen LogP contribution in [0.2, 0.25) is 0 Å². The zero-order chi connectivity index (χ0) is 43.6. The molecule has 1 aliphatic carbocycles. The van der Waals surface area contributed by atoms with E-state index >= 15 is 0 Å². The molecule has 3 amide bonds. The number of methoxy groups -OCH3 is 2. The molecule has 1 fully saturated rings. The van der Waals surface area contributed by atoms with Crippen LogP contribution in [-0.4, -0.2) is 99.0 Å². The number of ether oxygens (including phenoxy) is 6. The van der Waals surface area contributed by atoms with Crippen molar-refractivity contribution >= 4 is 24.1 Å². The summed E-state index contributed by atoms with van der Waals surface area (Å²) in [6.45, 7) is 0.923. The van der Waals surface area contributed by atoms with Gasteiger partial charge in [0.1, 0.15) is 6.61 Å². The second-order valence-corrected chi connectivity index (χ2v) is 15.5. The number of alkyl carbamates (subject to hydrolysis) is 1. The van der Waals surface area contributed by atoms with Crippen LogP contribution < -0.4 is 34.9 Å². The van der Waals surface area contributed by atoms with Crippen LogP contribution in [-0.2, 0) is 32.1 Å². The zero-order valence-electron chi connectivity index (χ0n) is 34.7. The normalized spacial score (nSPS) is 18.7. The molecule has 16 nitrogen and oxygen atoms in total. The number of nitrogens with one attached hydrogen (secondary N) is 3. The Kier molecular flexibility index (Phi) is 14.2. The van der Waals surface area contributed by atoms with Crippen LogP contribution in [0.3, 0.4) is 0 Å². The van der Waals surface area contributed by atoms with E-state index in [-0.39, 0.29) is 75.4 Å². The van der Waals surface area contributed by atoms with Gasteiger partial charge < -0.3 is 59.5 Å². The smallest absolute Gasteiger partial charge is 0.407 e. The third-order valence-electron chi connectivity index (χ3n) is 11.6. The van der Waals surface area contributed by atoms with Gasteiger partial charge >= 0.3 is 18.2 Å². The summed E-state index contributed by atoms with van der Waals surface area (Å²) >= 11 is 0. The predicted molar refractivity (Wildman–Crippen MR) is 224 cm³/mol. The van der Waals surface area contributed by atoms with Gasteiger partial charge in [-0.3, -0.25) is 9.59 Å². The van der Waals surface area contributed by atoms with Crippen LogP contribution in [0.4, 0.5) is 9.59 Å². The van der Waals surface area contributed by atoms with E-state index in [0.717, 1.165) is 22.3 Å². The van der Waals surface area contributed by atoms with E-state index in [1.165, 1.54) is 19.1 Å². The second-order valence-electron chi connectivity index (χ2n) is 15.5. The first kappa shape index (κ1) is 43.4. The second kappa shape index (κ2) is 20.3. The Morgan fingerprint density at radius 3 is 2.16 bits per heavy atom. The molecule has 16 heteroatoms. The third-order valence-corrected chi connectivity index (χ3v) is 11.6. The lowest BCUT2D eigenvalue weighted by Crippen LogP contribution is -2.46. The average Bonchev–Trinajstić information content (AvgIpc) is 3.91. The number of cyclic esters (lactones) is 1. The minimum absolute atomic E-state index is 0.0237. The average molecular weight is 853 g/mol. The van der Waals surface area contributed by atoms with Crippen LogP contribution in [0.5, 0.6) is 28.7 Å². The van der Waals surface area contributed by atoms with Crippen molar-refractivity contribution < 1.29 is 57.8 Å². The first-order chi connectivity index (χ1) is 30.1. The summed E-state index contributed by atoms with van der Waals surface area (Å²) < 4.78 is 33.4. The molecule has 5 atom stereocenters. The molecule has 0 saturated carbocycles. The summed E-state index contributed by atoms with van der Waals surface area (Å²) in [5.74, 6) is -1.23. The van der Waals surface area contributed by atoms with Gasteiger partial charge in [-0.1, -0.05) is 60.7 Å². The summed E-state index contributed by atoms with van der Waals surface area (Å²) in [7, 11) is 2.87. The molecule has 328 valence electrons. The first-order valence-corrected chi connectivity index (χ1v) is 20.7. The molecule has 2 heterocycles. The Morgan fingerprint density at radius 2 is 1.50 bits per heavy atom. The van der Waals surface area contributed by atoms with E-state index in [2.05, 4.69) is 16.0 Å². The monoisotopic (exact) mass is 852 g/mol. The van der Waals surface area contributed by atoms with Crippen LogP contribution in [0, 0.1) is 11.8 Å². The van der Waals surface area contributed by atoms with E-state index < -0.39 is 42.0 Å². The number of amides is 3. The molecule has 1 saturated heterocycles. The largest absolute Gasteiger partial charge is 0.502 e. The van der Waals surface area contributed by atoms with E-state index in [4.69, 9.17) is 28.4 Å². The van der Waals surface area contributed by atoms with Gasteiger partial charge in [-0.2, -0.15) is 0 Å². The standard InChI is InChI=1S/C46H52N4O12/c1-57-37-20-30(21-38(58-2)43(37)52)40-32-22-35-36(62-27-61-35)23-33(32)42(34-26-59-44(53)41(34)40)49-39(51)24-48-31(19-28-11-5-3-6-12-28)15-9-17-50(46(55)56)18-10-16-47-45(54)60-25-29-13-7-4-8-14-29/h3-8,11-14,20-23,31,34,40-42,48,52H,9-10,15-19,24-27H2,1-2H3,(H,47,54)(H,49,51)(H,55,56). The molecular formula is C46H52N4O12. The highest BCUT2D eigenvalue weighted by atomic mass is 16.7. The van der Waals surface area contributed by atoms with Gasteiger partial charge in [0.05, 0.1) is 39.3 Å². The molecule has 4 aromatic rings. The molecule has 0 aromatic heterocycles. The number of esters is 1. The molecule has 3 aliphatic rings. The van der Waals surface area contributed by atoms with Crippen molar-refractivity contribution in [1.82, 2.24) is 20.9 Å². The number of nitrogens with zero attached hydrogens (tertiary/aromatic N) is 1. The minimum atomic E-state index is -1.06. The summed E-state index contributed by atoms with van der Waals surface area (Å²) in [4.78, 5) is 53.2. The maximum absolute atomic E-state index is 14.0. The molecule has 0 radical (unpaired) electrons. The van der Waals surface area contributed by atoms with Gasteiger partial charge in [0.15, 0.2) is 23.0 Å². The van der Waals surface area contributed by atoms with E-state index in [0.29, 0.717) is 42.7 Å². The lowest BCUT2D eigenvalue weighted by Gasteiger charge is -2.39. The SMILES string of the molecule is COc1cc(C2c3cc4c(cc3C(NC(=O)CNC(CCCN(CCCNC(=O)OCc3ccccc3)C(=O)O)Cc3ccccc3)C3COC(=O)C23)OCO4)cc(OC)c1O. The molecule has 0 bridgehead atoms. The molecule has 2 aliphatic heterocycles. The summed E-state index contributed by atoms with van der Waals surface area (Å²) in [5.41, 5.74) is 4.04. The van der Waals surface area contributed by atoms with Crippen molar-refractivity contribution in [3.63, 3.8) is 0 Å². The topological polar surface area (TPSA) is 203 Å². The van der Waals surface area contributed by atoms with Gasteiger partial charge in [0.2, 0.25) is 18.4 Å². The Hall–Kier alpha value is -6.68. The fourth-order valence-electron chi connectivity index (χ4n) is 8.54. The lowest BCUT2D eigenvalue weighted by atomic mass is 9.65. The summed E-state index contributed by atoms with van der Waals surface area (Å²) in [6, 6.07) is 25.4. The summed E-state index contributed by atoms with van der Waals surface area (Å²) in [6.07, 6.45) is 0.463. The molecule has 4 aromatic carbocycles. The number of rotatable bonds is 19. The number of phenols is 1. The van der Waals surface area contributed by atoms with Crippen LogP contribution in [0.1, 0.15) is 59.0 Å². The van der Waals surface area contributed by atoms with Gasteiger partial charge in [-0.05, 0) is 77.8 Å². The first-order valence-electron chi connectivity index (χ1n) is 20.7. The number of hydrogen-bond donors (Lipinski definition) is 5. The van der Waals surface area contributed by atoms with Gasteiger partial charge in [0, 0.05) is 37.5 Å². The van der Waals surface area contributed by atoms with Crippen LogP contribution in [0.15, 0.2) is 84.9 Å². The Bertz CT molecular complexity index is 2180. The van der Waals surface area contributed by atoms with Crippen LogP contribution >= 0.6 is 0 Å². The van der Waals surface area contributed by atoms with Crippen molar-refractivity contribution in [2.45, 2.75) is 50.3 Å². The third kappa shape index (κ3) is 10.3. The zero-order valence-corrected chi connectivity index (χ0v) is 34.7. The fraction of sp³-hybridized carbons (Fsp3) is 0.391. The Balaban J connectivity index is 1.01. The number of phenolic OH excluding ortho intramolecular Hbond substituents is 1. The highest BCUT2D eigenvalue weighted by molar-refractivity contribution is 5.82. The maximum Gasteiger partial charge on any atom is 0.407 e. The maximum atomic E-state index is 14.0. The van der Waals surface area contributed by atoms with Crippen LogP contribution in [0.25, 0.3) is 0 Å². The predicted octanol–water partition coefficient (Wildman–Crippen LogP) is 5.51. The highest BCUT2D eigenvalue weighted by Gasteiger charge is 2.53. The van der Waals surface area contributed by atoms with Crippen molar-refractivity contribution in [1.29, 1.82) is 0 Å². The van der Waals surface area contributed by atoms with E-state index in [1.54, 1.807) is 12.1 Å². The number of carbonyl (C=O) groups is 4. The number of fused-ring (bicyclic) bond motifs is 3. The van der Waals surface area contributed by atoms with Crippen molar-refractivity contribution in [3.05, 3.63) is 113 Å².